The van der Waals surface area contributed by atoms with Crippen LogP contribution in [-0.2, 0) is 20.8 Å². The Balaban J connectivity index is 1.23. The highest BCUT2D eigenvalue weighted by atomic mass is 16.7. The number of nitrogens with one attached hydrogen (secondary N) is 1. The van der Waals surface area contributed by atoms with Crippen LogP contribution in [0.1, 0.15) is 30.4 Å². The number of carbonyl (C=O) groups excluding carboxylic acids is 1. The smallest absolute Gasteiger partial charge is 0.248 e. The average Bonchev–Trinajstić information content (AvgIpc) is 3.53. The molecule has 6 rings (SSSR count). The number of carbonyl (C=O) groups is 1. The first kappa shape index (κ1) is 29.9. The van der Waals surface area contributed by atoms with E-state index in [2.05, 4.69) is 55.9 Å². The molecule has 3 saturated heterocycles. The molecule has 11 nitrogen and oxygen atoms in total. The summed E-state index contributed by atoms with van der Waals surface area (Å²) < 4.78 is 11.4. The second kappa shape index (κ2) is 13.6. The molecule has 3 aliphatic rings. The number of ether oxygens (including phenoxy) is 2. The second-order valence-corrected chi connectivity index (χ2v) is 11.5. The molecule has 0 spiro atoms. The topological polar surface area (TPSA) is 118 Å². The number of aromatic nitrogens is 2. The number of amides is 1. The molecular formula is C33H41N7O4. The number of piperazine rings is 1. The molecule has 4 heterocycles. The molecule has 232 valence electrons. The zero-order chi connectivity index (χ0) is 30.5. The Labute approximate surface area is 258 Å². The first-order valence-corrected chi connectivity index (χ1v) is 15.3. The molecule has 3 aliphatic heterocycles. The van der Waals surface area contributed by atoms with Crippen LogP contribution in [0, 0.1) is 0 Å². The van der Waals surface area contributed by atoms with Crippen molar-refractivity contribution >= 4 is 34.5 Å². The number of anilines is 4. The van der Waals surface area contributed by atoms with Gasteiger partial charge in [0.15, 0.2) is 5.82 Å². The van der Waals surface area contributed by atoms with Gasteiger partial charge in [-0.25, -0.2) is 15.0 Å². The lowest BCUT2D eigenvalue weighted by atomic mass is 10.0. The molecule has 3 aromatic rings. The summed E-state index contributed by atoms with van der Waals surface area (Å²) in [7, 11) is 1.63. The van der Waals surface area contributed by atoms with Crippen LogP contribution in [0.5, 0.6) is 5.75 Å². The Morgan fingerprint density at radius 2 is 1.82 bits per heavy atom. The molecule has 1 amide bonds. The molecule has 0 aliphatic carbocycles. The quantitative estimate of drug-likeness (QED) is 0.334. The summed E-state index contributed by atoms with van der Waals surface area (Å²) >= 11 is 0. The molecule has 0 radical (unpaired) electrons. The predicted octanol–water partition coefficient (Wildman–Crippen LogP) is 3.78. The van der Waals surface area contributed by atoms with E-state index in [1.54, 1.807) is 7.11 Å². The van der Waals surface area contributed by atoms with Gasteiger partial charge in [-0.2, -0.15) is 0 Å². The number of primary amides is 1. The zero-order valence-corrected chi connectivity index (χ0v) is 25.3. The summed E-state index contributed by atoms with van der Waals surface area (Å²) in [6, 6.07) is 16.8. The van der Waals surface area contributed by atoms with E-state index in [-0.39, 0.29) is 11.6 Å². The van der Waals surface area contributed by atoms with Crippen molar-refractivity contribution in [3.63, 3.8) is 0 Å². The van der Waals surface area contributed by atoms with Crippen LogP contribution in [-0.4, -0.2) is 86.0 Å². The Hall–Kier alpha value is -4.19. The maximum atomic E-state index is 12.4. The van der Waals surface area contributed by atoms with Gasteiger partial charge in [0.25, 0.3) is 0 Å². The van der Waals surface area contributed by atoms with Crippen LogP contribution < -0.4 is 25.8 Å². The molecule has 3 fully saturated rings. The molecule has 0 unspecified atom stereocenters. The van der Waals surface area contributed by atoms with Crippen molar-refractivity contribution in [1.29, 1.82) is 0 Å². The molecule has 2 aromatic carbocycles. The van der Waals surface area contributed by atoms with Gasteiger partial charge in [0.2, 0.25) is 5.91 Å². The van der Waals surface area contributed by atoms with Gasteiger partial charge in [0, 0.05) is 74.4 Å². The lowest BCUT2D eigenvalue weighted by Gasteiger charge is -2.42. The van der Waals surface area contributed by atoms with Crippen molar-refractivity contribution in [1.82, 2.24) is 14.9 Å². The summed E-state index contributed by atoms with van der Waals surface area (Å²) in [6.07, 6.45) is 5.41. The summed E-state index contributed by atoms with van der Waals surface area (Å²) in [5.74, 6) is 1.28. The van der Waals surface area contributed by atoms with E-state index in [4.69, 9.17) is 20.0 Å². The third kappa shape index (κ3) is 6.64. The van der Waals surface area contributed by atoms with Crippen LogP contribution in [0.2, 0.25) is 0 Å². The average molecular weight is 600 g/mol. The molecular weight excluding hydrogens is 558 g/mol. The van der Waals surface area contributed by atoms with Crippen LogP contribution in [0.15, 0.2) is 61.4 Å². The van der Waals surface area contributed by atoms with Crippen molar-refractivity contribution in [3.05, 3.63) is 72.6 Å². The number of benzene rings is 2. The van der Waals surface area contributed by atoms with E-state index >= 15 is 0 Å². The lowest BCUT2D eigenvalue weighted by Crippen LogP contribution is -2.51. The SMILES string of the molecule is C=C(C(N)=O)c1cc(Nc2cc(N3OCC[C@@H]3Cc3ccccc3)ncn2)c(OC)cc1N1CCN(C2CCOCC2)CC1. The molecule has 44 heavy (non-hydrogen) atoms. The molecule has 3 N–H and O–H groups in total. The van der Waals surface area contributed by atoms with Gasteiger partial charge in [0.05, 0.1) is 25.4 Å². The first-order chi connectivity index (χ1) is 21.5. The maximum absolute atomic E-state index is 12.4. The zero-order valence-electron chi connectivity index (χ0n) is 25.3. The second-order valence-electron chi connectivity index (χ2n) is 11.5. The Morgan fingerprint density at radius 1 is 1.05 bits per heavy atom. The third-order valence-corrected chi connectivity index (χ3v) is 8.77. The van der Waals surface area contributed by atoms with E-state index in [0.29, 0.717) is 41.3 Å². The van der Waals surface area contributed by atoms with Gasteiger partial charge in [-0.15, -0.1) is 0 Å². The number of hydrogen-bond donors (Lipinski definition) is 2. The van der Waals surface area contributed by atoms with E-state index in [1.807, 2.05) is 29.3 Å². The highest BCUT2D eigenvalue weighted by Crippen LogP contribution is 2.39. The van der Waals surface area contributed by atoms with Gasteiger partial charge in [-0.05, 0) is 37.3 Å². The predicted molar refractivity (Wildman–Crippen MR) is 171 cm³/mol. The van der Waals surface area contributed by atoms with Crippen LogP contribution in [0.25, 0.3) is 5.57 Å². The first-order valence-electron chi connectivity index (χ1n) is 15.3. The normalized spacial score (nSPS) is 19.6. The Bertz CT molecular complexity index is 1460. The Morgan fingerprint density at radius 3 is 2.55 bits per heavy atom. The standard InChI is InChI=1S/C33H41N7O4/c1-23(33(34)41)27-19-28(30(42-2)20-29(27)39-13-11-38(12-14-39)25-8-15-43-16-9-25)37-31-21-32(36-22-35-31)40-26(10-17-44-40)18-24-6-4-3-5-7-24/h3-7,19-22,25-26H,1,8-18H2,2H3,(H2,34,41)(H,35,36,37)/t26-/m1/s1. The Kier molecular flexibility index (Phi) is 9.25. The lowest BCUT2D eigenvalue weighted by molar-refractivity contribution is -0.112. The molecule has 0 bridgehead atoms. The number of hydrogen-bond acceptors (Lipinski definition) is 10. The van der Waals surface area contributed by atoms with Crippen molar-refractivity contribution in [2.75, 3.05) is 68.4 Å². The van der Waals surface area contributed by atoms with E-state index in [0.717, 1.165) is 70.8 Å². The summed E-state index contributed by atoms with van der Waals surface area (Å²) in [6.45, 7) is 9.83. The fraction of sp³-hybridized carbons (Fsp3) is 0.424. The van der Waals surface area contributed by atoms with E-state index in [1.165, 1.54) is 11.9 Å². The largest absolute Gasteiger partial charge is 0.494 e. The summed E-state index contributed by atoms with van der Waals surface area (Å²) in [5.41, 5.74) is 9.42. The fourth-order valence-corrected chi connectivity index (χ4v) is 6.36. The molecule has 1 aromatic heterocycles. The minimum atomic E-state index is -0.567. The molecule has 11 heteroatoms. The van der Waals surface area contributed by atoms with Gasteiger partial charge in [-0.3, -0.25) is 14.5 Å². The van der Waals surface area contributed by atoms with Crippen molar-refractivity contribution in [2.45, 2.75) is 37.8 Å². The minimum Gasteiger partial charge on any atom is -0.494 e. The molecule has 1 atom stereocenters. The van der Waals surface area contributed by atoms with E-state index < -0.39 is 5.91 Å². The minimum absolute atomic E-state index is 0.159. The fourth-order valence-electron chi connectivity index (χ4n) is 6.36. The van der Waals surface area contributed by atoms with Gasteiger partial charge < -0.3 is 25.4 Å². The van der Waals surface area contributed by atoms with Gasteiger partial charge >= 0.3 is 0 Å². The van der Waals surface area contributed by atoms with Crippen LogP contribution in [0.3, 0.4) is 0 Å². The summed E-state index contributed by atoms with van der Waals surface area (Å²) in [4.78, 5) is 32.2. The van der Waals surface area contributed by atoms with Gasteiger partial charge in [0.1, 0.15) is 17.9 Å². The maximum Gasteiger partial charge on any atom is 0.248 e. The molecule has 0 saturated carbocycles. The third-order valence-electron chi connectivity index (χ3n) is 8.77. The highest BCUT2D eigenvalue weighted by molar-refractivity contribution is 6.19. The highest BCUT2D eigenvalue weighted by Gasteiger charge is 2.29. The van der Waals surface area contributed by atoms with E-state index in [9.17, 15) is 4.79 Å². The number of hydroxylamine groups is 1. The number of rotatable bonds is 10. The van der Waals surface area contributed by atoms with Crippen molar-refractivity contribution in [2.24, 2.45) is 5.73 Å². The van der Waals surface area contributed by atoms with Crippen molar-refractivity contribution in [3.8, 4) is 5.75 Å². The summed E-state index contributed by atoms with van der Waals surface area (Å²) in [5, 5.41) is 5.25. The number of nitrogens with two attached hydrogens (primary N) is 1. The van der Waals surface area contributed by atoms with Gasteiger partial charge in [-0.1, -0.05) is 36.9 Å². The van der Waals surface area contributed by atoms with Crippen LogP contribution in [0.4, 0.5) is 23.0 Å². The monoisotopic (exact) mass is 599 g/mol. The number of methoxy groups -OCH3 is 1. The van der Waals surface area contributed by atoms with Crippen molar-refractivity contribution < 1.29 is 19.1 Å². The van der Waals surface area contributed by atoms with Crippen LogP contribution >= 0.6 is 0 Å². The number of nitrogens with zero attached hydrogens (tertiary/aromatic N) is 5.